The molecule has 2 aromatic rings. The van der Waals surface area contributed by atoms with Crippen molar-refractivity contribution in [3.05, 3.63) is 58.0 Å². The second-order valence-corrected chi connectivity index (χ2v) is 4.14. The van der Waals surface area contributed by atoms with Crippen LogP contribution in [0.2, 0.25) is 0 Å². The molecule has 0 saturated heterocycles. The van der Waals surface area contributed by atoms with Crippen LogP contribution in [0.15, 0.2) is 39.6 Å². The molecule has 3 nitrogen and oxygen atoms in total. The summed E-state index contributed by atoms with van der Waals surface area (Å²) in [5, 5.41) is 0. The highest BCUT2D eigenvalue weighted by molar-refractivity contribution is 9.10. The molecule has 1 heterocycles. The molecular formula is C11H9BrF2N2O. The third-order valence-electron chi connectivity index (χ3n) is 2.40. The van der Waals surface area contributed by atoms with Crippen molar-refractivity contribution in [3.63, 3.8) is 0 Å². The molecule has 1 aromatic heterocycles. The Morgan fingerprint density at radius 1 is 1.24 bits per heavy atom. The predicted molar refractivity (Wildman–Crippen MR) is 61.9 cm³/mol. The van der Waals surface area contributed by atoms with Crippen LogP contribution in [0.5, 0.6) is 0 Å². The van der Waals surface area contributed by atoms with Crippen LogP contribution in [0.3, 0.4) is 0 Å². The Labute approximate surface area is 105 Å². The van der Waals surface area contributed by atoms with E-state index in [2.05, 4.69) is 21.4 Å². The van der Waals surface area contributed by atoms with Crippen molar-refractivity contribution in [2.75, 3.05) is 0 Å². The largest absolute Gasteiger partial charge is 0.457 e. The number of benzene rings is 1. The Kier molecular flexibility index (Phi) is 3.56. The van der Waals surface area contributed by atoms with Crippen LogP contribution in [0.1, 0.15) is 17.2 Å². The van der Waals surface area contributed by atoms with Crippen molar-refractivity contribution in [2.24, 2.45) is 5.84 Å². The lowest BCUT2D eigenvalue weighted by Crippen LogP contribution is -2.28. The van der Waals surface area contributed by atoms with Gasteiger partial charge in [0.15, 0.2) is 16.3 Å². The summed E-state index contributed by atoms with van der Waals surface area (Å²) in [4.78, 5) is 0. The standard InChI is InChI=1S/C11H9BrF2N2O/c12-11-7(3-4-17-11)10(16-15)6-1-2-8(13)9(14)5-6/h1-5,10,16H,15H2. The van der Waals surface area contributed by atoms with Crippen molar-refractivity contribution in [1.29, 1.82) is 0 Å². The minimum absolute atomic E-state index is 0.474. The summed E-state index contributed by atoms with van der Waals surface area (Å²) in [6, 6.07) is 4.83. The molecule has 0 radical (unpaired) electrons. The molecular weight excluding hydrogens is 294 g/mol. The third kappa shape index (κ3) is 2.38. The summed E-state index contributed by atoms with van der Waals surface area (Å²) < 4.78 is 31.5. The lowest BCUT2D eigenvalue weighted by Gasteiger charge is -2.15. The van der Waals surface area contributed by atoms with Gasteiger partial charge in [-0.15, -0.1) is 0 Å². The van der Waals surface area contributed by atoms with Gasteiger partial charge in [0.2, 0.25) is 0 Å². The molecule has 0 bridgehead atoms. The van der Waals surface area contributed by atoms with Gasteiger partial charge in [0.05, 0.1) is 12.3 Å². The first-order valence-electron chi connectivity index (χ1n) is 4.77. The maximum atomic E-state index is 13.1. The highest BCUT2D eigenvalue weighted by Crippen LogP contribution is 2.29. The molecule has 1 unspecified atom stereocenters. The van der Waals surface area contributed by atoms with Crippen LogP contribution in [-0.4, -0.2) is 0 Å². The van der Waals surface area contributed by atoms with Gasteiger partial charge in [-0.2, -0.15) is 0 Å². The number of hydrogen-bond acceptors (Lipinski definition) is 3. The Morgan fingerprint density at radius 3 is 2.53 bits per heavy atom. The zero-order chi connectivity index (χ0) is 12.4. The fourth-order valence-electron chi connectivity index (χ4n) is 1.57. The van der Waals surface area contributed by atoms with E-state index in [1.54, 1.807) is 6.07 Å². The van der Waals surface area contributed by atoms with Crippen LogP contribution in [0, 0.1) is 11.6 Å². The highest BCUT2D eigenvalue weighted by Gasteiger charge is 2.18. The number of hydrogen-bond donors (Lipinski definition) is 2. The van der Waals surface area contributed by atoms with Gasteiger partial charge in [0.1, 0.15) is 0 Å². The fourth-order valence-corrected chi connectivity index (χ4v) is 2.04. The summed E-state index contributed by atoms with van der Waals surface area (Å²) in [6.07, 6.45) is 1.48. The Bertz CT molecular complexity index is 530. The van der Waals surface area contributed by atoms with E-state index in [-0.39, 0.29) is 0 Å². The number of furan rings is 1. The van der Waals surface area contributed by atoms with E-state index in [4.69, 9.17) is 10.3 Å². The summed E-state index contributed by atoms with van der Waals surface area (Å²) in [7, 11) is 0. The van der Waals surface area contributed by atoms with Crippen molar-refractivity contribution in [3.8, 4) is 0 Å². The summed E-state index contributed by atoms with van der Waals surface area (Å²) in [6.45, 7) is 0. The first-order chi connectivity index (χ1) is 8.13. The van der Waals surface area contributed by atoms with Gasteiger partial charge in [0, 0.05) is 5.56 Å². The summed E-state index contributed by atoms with van der Waals surface area (Å²) in [5.74, 6) is 3.62. The van der Waals surface area contributed by atoms with Crippen LogP contribution in [0.25, 0.3) is 0 Å². The van der Waals surface area contributed by atoms with Crippen molar-refractivity contribution < 1.29 is 13.2 Å². The minimum atomic E-state index is -0.914. The monoisotopic (exact) mass is 302 g/mol. The Balaban J connectivity index is 2.42. The zero-order valence-electron chi connectivity index (χ0n) is 8.58. The van der Waals surface area contributed by atoms with E-state index >= 15 is 0 Å². The first-order valence-corrected chi connectivity index (χ1v) is 5.56. The van der Waals surface area contributed by atoms with Crippen LogP contribution < -0.4 is 11.3 Å². The highest BCUT2D eigenvalue weighted by atomic mass is 79.9. The van der Waals surface area contributed by atoms with Crippen LogP contribution in [-0.2, 0) is 0 Å². The average Bonchev–Trinajstić information content (AvgIpc) is 2.71. The second kappa shape index (κ2) is 4.95. The van der Waals surface area contributed by atoms with Gasteiger partial charge in [0.25, 0.3) is 0 Å². The molecule has 0 aliphatic heterocycles. The van der Waals surface area contributed by atoms with Crippen LogP contribution in [0.4, 0.5) is 8.78 Å². The van der Waals surface area contributed by atoms with E-state index < -0.39 is 17.7 Å². The van der Waals surface area contributed by atoms with E-state index in [0.29, 0.717) is 15.8 Å². The van der Waals surface area contributed by atoms with Crippen molar-refractivity contribution >= 4 is 15.9 Å². The SMILES string of the molecule is NNC(c1ccc(F)c(F)c1)c1ccoc1Br. The minimum Gasteiger partial charge on any atom is -0.457 e. The quantitative estimate of drug-likeness (QED) is 0.677. The van der Waals surface area contributed by atoms with E-state index in [0.717, 1.165) is 12.1 Å². The average molecular weight is 303 g/mol. The molecule has 0 fully saturated rings. The molecule has 90 valence electrons. The third-order valence-corrected chi connectivity index (χ3v) is 3.05. The lowest BCUT2D eigenvalue weighted by atomic mass is 10.0. The van der Waals surface area contributed by atoms with Gasteiger partial charge in [-0.05, 0) is 39.7 Å². The fraction of sp³-hybridized carbons (Fsp3) is 0.0909. The summed E-state index contributed by atoms with van der Waals surface area (Å²) in [5.41, 5.74) is 3.74. The Hall–Kier alpha value is -1.24. The Morgan fingerprint density at radius 2 is 2.00 bits per heavy atom. The molecule has 2 rings (SSSR count). The van der Waals surface area contributed by atoms with E-state index in [9.17, 15) is 8.78 Å². The molecule has 0 amide bonds. The molecule has 17 heavy (non-hydrogen) atoms. The van der Waals surface area contributed by atoms with Gasteiger partial charge >= 0.3 is 0 Å². The zero-order valence-corrected chi connectivity index (χ0v) is 10.2. The number of rotatable bonds is 3. The first kappa shape index (κ1) is 12.2. The van der Waals surface area contributed by atoms with Crippen LogP contribution >= 0.6 is 15.9 Å². The maximum Gasteiger partial charge on any atom is 0.174 e. The van der Waals surface area contributed by atoms with Gasteiger partial charge in [-0.1, -0.05) is 6.07 Å². The van der Waals surface area contributed by atoms with Gasteiger partial charge < -0.3 is 4.42 Å². The molecule has 6 heteroatoms. The van der Waals surface area contributed by atoms with Crippen molar-refractivity contribution in [1.82, 2.24) is 5.43 Å². The smallest absolute Gasteiger partial charge is 0.174 e. The molecule has 0 saturated carbocycles. The molecule has 3 N–H and O–H groups in total. The lowest BCUT2D eigenvalue weighted by molar-refractivity contribution is 0.502. The molecule has 1 atom stereocenters. The number of hydrazine groups is 1. The van der Waals surface area contributed by atoms with E-state index in [1.165, 1.54) is 12.3 Å². The van der Waals surface area contributed by atoms with E-state index in [1.807, 2.05) is 0 Å². The normalized spacial score (nSPS) is 12.7. The number of nitrogens with one attached hydrogen (secondary N) is 1. The maximum absolute atomic E-state index is 13.1. The second-order valence-electron chi connectivity index (χ2n) is 3.42. The van der Waals surface area contributed by atoms with Crippen molar-refractivity contribution in [2.45, 2.75) is 6.04 Å². The van der Waals surface area contributed by atoms with Gasteiger partial charge in [-0.3, -0.25) is 5.84 Å². The number of halogens is 3. The molecule has 1 aromatic carbocycles. The molecule has 0 aliphatic carbocycles. The molecule has 0 spiro atoms. The number of nitrogens with two attached hydrogens (primary N) is 1. The molecule has 0 aliphatic rings. The topological polar surface area (TPSA) is 51.2 Å². The predicted octanol–water partition coefficient (Wildman–Crippen LogP) is 2.87. The van der Waals surface area contributed by atoms with Gasteiger partial charge in [-0.25, -0.2) is 14.2 Å². The summed E-state index contributed by atoms with van der Waals surface area (Å²) >= 11 is 3.21.